The third-order valence-corrected chi connectivity index (χ3v) is 3.15. The first kappa shape index (κ1) is 13.1. The summed E-state index contributed by atoms with van der Waals surface area (Å²) in [6.45, 7) is 7.77. The highest BCUT2D eigenvalue weighted by Gasteiger charge is 2.29. The van der Waals surface area contributed by atoms with Gasteiger partial charge in [0.05, 0.1) is 13.2 Å². The standard InChI is InChI=1S/C14H21NO3/c1-9(2)7-17-12-8-18-14-11(10(12)3)5-6-13(15-14)16-4/h5-6,9-10,12H,7-8H2,1-4H3/t10-,12+/m0/s1. The summed E-state index contributed by atoms with van der Waals surface area (Å²) in [5, 5.41) is 0. The fourth-order valence-electron chi connectivity index (χ4n) is 2.02. The molecule has 0 unspecified atom stereocenters. The maximum absolute atomic E-state index is 5.89. The second kappa shape index (κ2) is 5.57. The van der Waals surface area contributed by atoms with Crippen molar-refractivity contribution in [2.24, 2.45) is 5.92 Å². The zero-order chi connectivity index (χ0) is 13.1. The first-order chi connectivity index (χ1) is 8.61. The van der Waals surface area contributed by atoms with E-state index in [1.165, 1.54) is 0 Å². The number of fused-ring (bicyclic) bond motifs is 1. The first-order valence-electron chi connectivity index (χ1n) is 6.41. The number of hydrogen-bond donors (Lipinski definition) is 0. The summed E-state index contributed by atoms with van der Waals surface area (Å²) in [5.41, 5.74) is 1.09. The van der Waals surface area contributed by atoms with E-state index in [2.05, 4.69) is 25.8 Å². The van der Waals surface area contributed by atoms with E-state index in [1.807, 2.05) is 12.1 Å². The predicted molar refractivity (Wildman–Crippen MR) is 69.3 cm³/mol. The van der Waals surface area contributed by atoms with Crippen LogP contribution in [0.3, 0.4) is 0 Å². The summed E-state index contributed by atoms with van der Waals surface area (Å²) in [5.74, 6) is 2.09. The van der Waals surface area contributed by atoms with Gasteiger partial charge in [-0.1, -0.05) is 20.8 Å². The molecule has 0 radical (unpaired) electrons. The lowest BCUT2D eigenvalue weighted by Gasteiger charge is -2.31. The predicted octanol–water partition coefficient (Wildman–Crippen LogP) is 2.63. The van der Waals surface area contributed by atoms with E-state index in [0.29, 0.717) is 30.2 Å². The average molecular weight is 251 g/mol. The van der Waals surface area contributed by atoms with Gasteiger partial charge in [0.1, 0.15) is 6.61 Å². The molecule has 0 saturated heterocycles. The molecular weight excluding hydrogens is 230 g/mol. The number of pyridine rings is 1. The third-order valence-electron chi connectivity index (χ3n) is 3.15. The van der Waals surface area contributed by atoms with Gasteiger partial charge in [-0.3, -0.25) is 0 Å². The van der Waals surface area contributed by atoms with Crippen molar-refractivity contribution in [3.63, 3.8) is 0 Å². The van der Waals surface area contributed by atoms with Crippen LogP contribution in [0.2, 0.25) is 0 Å². The van der Waals surface area contributed by atoms with Gasteiger partial charge in [-0.25, -0.2) is 0 Å². The van der Waals surface area contributed by atoms with Crippen molar-refractivity contribution in [2.75, 3.05) is 20.3 Å². The van der Waals surface area contributed by atoms with Crippen LogP contribution in [0.15, 0.2) is 12.1 Å². The second-order valence-electron chi connectivity index (χ2n) is 5.11. The molecule has 0 N–H and O–H groups in total. The average Bonchev–Trinajstić information content (AvgIpc) is 2.37. The Bertz CT molecular complexity index is 406. The first-order valence-corrected chi connectivity index (χ1v) is 6.41. The molecule has 0 aromatic carbocycles. The summed E-state index contributed by atoms with van der Waals surface area (Å²) in [6, 6.07) is 3.88. The molecular formula is C14H21NO3. The zero-order valence-corrected chi connectivity index (χ0v) is 11.5. The number of rotatable bonds is 4. The number of ether oxygens (including phenoxy) is 3. The molecule has 4 heteroatoms. The Labute approximate surface area is 108 Å². The van der Waals surface area contributed by atoms with Crippen LogP contribution in [0.4, 0.5) is 0 Å². The molecule has 0 bridgehead atoms. The minimum atomic E-state index is 0.107. The highest BCUT2D eigenvalue weighted by molar-refractivity contribution is 5.35. The van der Waals surface area contributed by atoms with Gasteiger partial charge >= 0.3 is 0 Å². The Kier molecular flexibility index (Phi) is 4.07. The smallest absolute Gasteiger partial charge is 0.220 e. The molecule has 1 aromatic heterocycles. The van der Waals surface area contributed by atoms with Crippen LogP contribution in [-0.2, 0) is 4.74 Å². The van der Waals surface area contributed by atoms with E-state index in [9.17, 15) is 0 Å². The Morgan fingerprint density at radius 2 is 2.22 bits per heavy atom. The molecule has 18 heavy (non-hydrogen) atoms. The van der Waals surface area contributed by atoms with Gasteiger partial charge in [-0.2, -0.15) is 4.98 Å². The van der Waals surface area contributed by atoms with Crippen molar-refractivity contribution in [1.29, 1.82) is 0 Å². The minimum Gasteiger partial charge on any atom is -0.481 e. The van der Waals surface area contributed by atoms with E-state index in [1.54, 1.807) is 7.11 Å². The maximum atomic E-state index is 5.89. The van der Waals surface area contributed by atoms with Crippen LogP contribution < -0.4 is 9.47 Å². The molecule has 0 amide bonds. The molecule has 0 aliphatic carbocycles. The maximum Gasteiger partial charge on any atom is 0.220 e. The van der Waals surface area contributed by atoms with Crippen molar-refractivity contribution in [3.05, 3.63) is 17.7 Å². The normalized spacial score (nSPS) is 22.5. The molecule has 1 aliphatic rings. The van der Waals surface area contributed by atoms with E-state index in [4.69, 9.17) is 14.2 Å². The van der Waals surface area contributed by atoms with Crippen molar-refractivity contribution in [1.82, 2.24) is 4.98 Å². The third kappa shape index (κ3) is 2.75. The Morgan fingerprint density at radius 1 is 1.44 bits per heavy atom. The van der Waals surface area contributed by atoms with E-state index < -0.39 is 0 Å². The van der Waals surface area contributed by atoms with Gasteiger partial charge in [-0.15, -0.1) is 0 Å². The lowest BCUT2D eigenvalue weighted by Crippen LogP contribution is -2.33. The molecule has 2 rings (SSSR count). The molecule has 2 heterocycles. The van der Waals surface area contributed by atoms with Crippen LogP contribution in [0, 0.1) is 5.92 Å². The SMILES string of the molecule is COc1ccc2c(n1)OC[C@@H](OCC(C)C)[C@H]2C. The van der Waals surface area contributed by atoms with E-state index in [0.717, 1.165) is 12.2 Å². The van der Waals surface area contributed by atoms with Crippen molar-refractivity contribution in [3.8, 4) is 11.8 Å². The van der Waals surface area contributed by atoms with Crippen molar-refractivity contribution in [2.45, 2.75) is 32.8 Å². The minimum absolute atomic E-state index is 0.107. The van der Waals surface area contributed by atoms with Crippen LogP contribution in [0.25, 0.3) is 0 Å². The highest BCUT2D eigenvalue weighted by Crippen LogP contribution is 2.34. The Hall–Kier alpha value is -1.29. The van der Waals surface area contributed by atoms with Gasteiger partial charge in [0.15, 0.2) is 0 Å². The lowest BCUT2D eigenvalue weighted by atomic mass is 9.94. The van der Waals surface area contributed by atoms with E-state index in [-0.39, 0.29) is 6.10 Å². The van der Waals surface area contributed by atoms with Crippen molar-refractivity contribution < 1.29 is 14.2 Å². The molecule has 1 aliphatic heterocycles. The monoisotopic (exact) mass is 251 g/mol. The summed E-state index contributed by atoms with van der Waals surface area (Å²) in [6.07, 6.45) is 0.107. The second-order valence-corrected chi connectivity index (χ2v) is 5.11. The largest absolute Gasteiger partial charge is 0.481 e. The molecule has 0 spiro atoms. The number of hydrogen-bond acceptors (Lipinski definition) is 4. The van der Waals surface area contributed by atoms with E-state index >= 15 is 0 Å². The summed E-state index contributed by atoms with van der Waals surface area (Å²) in [7, 11) is 1.61. The molecule has 0 fully saturated rings. The van der Waals surface area contributed by atoms with Gasteiger partial charge in [0.2, 0.25) is 11.8 Å². The molecule has 4 nitrogen and oxygen atoms in total. The topological polar surface area (TPSA) is 40.6 Å². The molecule has 2 atom stereocenters. The summed E-state index contributed by atoms with van der Waals surface area (Å²) < 4.78 is 16.7. The van der Waals surface area contributed by atoms with Crippen LogP contribution in [0.5, 0.6) is 11.8 Å². The van der Waals surface area contributed by atoms with Gasteiger partial charge < -0.3 is 14.2 Å². The fraction of sp³-hybridized carbons (Fsp3) is 0.643. The Morgan fingerprint density at radius 3 is 2.89 bits per heavy atom. The van der Waals surface area contributed by atoms with Crippen LogP contribution in [-0.4, -0.2) is 31.4 Å². The Balaban J connectivity index is 2.10. The zero-order valence-electron chi connectivity index (χ0n) is 11.5. The van der Waals surface area contributed by atoms with Crippen LogP contribution >= 0.6 is 0 Å². The summed E-state index contributed by atoms with van der Waals surface area (Å²) in [4.78, 5) is 4.31. The number of methoxy groups -OCH3 is 1. The number of aromatic nitrogens is 1. The highest BCUT2D eigenvalue weighted by atomic mass is 16.5. The fourth-order valence-corrected chi connectivity index (χ4v) is 2.02. The number of nitrogens with zero attached hydrogens (tertiary/aromatic N) is 1. The molecule has 0 saturated carbocycles. The van der Waals surface area contributed by atoms with Gasteiger partial charge in [0.25, 0.3) is 0 Å². The lowest BCUT2D eigenvalue weighted by molar-refractivity contribution is -0.0173. The molecule has 100 valence electrons. The summed E-state index contributed by atoms with van der Waals surface area (Å²) >= 11 is 0. The van der Waals surface area contributed by atoms with Crippen molar-refractivity contribution >= 4 is 0 Å². The van der Waals surface area contributed by atoms with Gasteiger partial charge in [0, 0.05) is 24.2 Å². The van der Waals surface area contributed by atoms with Crippen LogP contribution in [0.1, 0.15) is 32.3 Å². The molecule has 1 aromatic rings. The van der Waals surface area contributed by atoms with Gasteiger partial charge in [-0.05, 0) is 12.0 Å². The quantitative estimate of drug-likeness (QED) is 0.824.